The zero-order valence-electron chi connectivity index (χ0n) is 34.5. The lowest BCUT2D eigenvalue weighted by atomic mass is 10.0. The number of fused-ring (bicyclic) bond motifs is 1. The first-order chi connectivity index (χ1) is 31.1. The van der Waals surface area contributed by atoms with Crippen LogP contribution in [0.25, 0.3) is 0 Å². The Morgan fingerprint density at radius 2 is 1.66 bits per heavy atom. The fourth-order valence-corrected chi connectivity index (χ4v) is 7.35. The van der Waals surface area contributed by atoms with Crippen LogP contribution in [-0.4, -0.2) is 93.3 Å². The second-order valence-corrected chi connectivity index (χ2v) is 15.1. The molecule has 4 aromatic rings. The standard InChI is InChI=1S/C44H39F4N9O8/c1-25-21-26(44(46,47)48)22-36(50-25)56-34(24-49-43(56)64)42(63)55(29-12-9-27(45)10-13-29)19-6-7-28-11-17-35(54-53-28)51-37(58)8-4-2-3-5-20-65-30-14-15-31-32(23-30)41(62)57(40(31)61)33-16-18-38(59)52-39(33)60/h9-15,17,21-23,33-34H,2-5,8,16,18-20,24H2,1H3,(H,49,64)(H,51,54,58)(H,52,59,60)/t33?,34-/m0/s1. The third kappa shape index (κ3) is 10.5. The molecule has 2 saturated heterocycles. The maximum absolute atomic E-state index is 14.0. The van der Waals surface area contributed by atoms with E-state index in [1.54, 1.807) is 6.07 Å². The average molecular weight is 898 g/mol. The summed E-state index contributed by atoms with van der Waals surface area (Å²) in [5.74, 6) is 1.76. The number of unbranched alkanes of at least 4 members (excludes halogenated alkanes) is 3. The Labute approximate surface area is 367 Å². The number of hydrogen-bond acceptors (Lipinski definition) is 11. The first kappa shape index (κ1) is 45.3. The van der Waals surface area contributed by atoms with Crippen molar-refractivity contribution in [3.05, 3.63) is 101 Å². The molecule has 0 aliphatic carbocycles. The average Bonchev–Trinajstić information content (AvgIpc) is 3.77. The largest absolute Gasteiger partial charge is 0.494 e. The molecule has 17 nitrogen and oxygen atoms in total. The Morgan fingerprint density at radius 1 is 0.908 bits per heavy atom. The molecule has 65 heavy (non-hydrogen) atoms. The van der Waals surface area contributed by atoms with Gasteiger partial charge < -0.3 is 15.4 Å². The summed E-state index contributed by atoms with van der Waals surface area (Å²) in [5.41, 5.74) is -0.417. The van der Waals surface area contributed by atoms with E-state index in [0.29, 0.717) is 37.7 Å². The third-order valence-corrected chi connectivity index (χ3v) is 10.5. The lowest BCUT2D eigenvalue weighted by molar-refractivity contribution is -0.138. The molecule has 2 aromatic heterocycles. The molecule has 5 heterocycles. The Balaban J connectivity index is 0.868. The van der Waals surface area contributed by atoms with Gasteiger partial charge in [0.2, 0.25) is 17.7 Å². The summed E-state index contributed by atoms with van der Waals surface area (Å²) in [6, 6.07) is 10.6. The van der Waals surface area contributed by atoms with Gasteiger partial charge in [-0.25, -0.2) is 14.2 Å². The zero-order chi connectivity index (χ0) is 46.4. The monoisotopic (exact) mass is 897 g/mol. The number of aromatic nitrogens is 3. The van der Waals surface area contributed by atoms with E-state index in [1.807, 2.05) is 0 Å². The van der Waals surface area contributed by atoms with Gasteiger partial charge in [-0.3, -0.25) is 48.8 Å². The SMILES string of the molecule is Cc1cc(C(F)(F)F)cc(N2C(=O)NC[C@H]2C(=O)N(CC#Cc2ccc(NC(=O)CCCCCCOc3ccc4c(c3)C(=O)N(C3CCC(=O)NC3=O)C4=O)nn2)c2ccc(F)cc2)n1. The Morgan fingerprint density at radius 3 is 2.38 bits per heavy atom. The van der Waals surface area contributed by atoms with Gasteiger partial charge >= 0.3 is 12.2 Å². The molecule has 2 atom stereocenters. The maximum atomic E-state index is 14.0. The predicted molar refractivity (Wildman–Crippen MR) is 222 cm³/mol. The van der Waals surface area contributed by atoms with Crippen molar-refractivity contribution in [3.63, 3.8) is 0 Å². The van der Waals surface area contributed by atoms with Crippen molar-refractivity contribution in [1.82, 2.24) is 30.7 Å². The number of urea groups is 1. The molecule has 0 radical (unpaired) electrons. The van der Waals surface area contributed by atoms with Crippen LogP contribution in [0.2, 0.25) is 0 Å². The van der Waals surface area contributed by atoms with Gasteiger partial charge in [0.25, 0.3) is 17.7 Å². The van der Waals surface area contributed by atoms with Crippen LogP contribution in [0.5, 0.6) is 5.75 Å². The van der Waals surface area contributed by atoms with E-state index in [9.17, 15) is 51.1 Å². The molecule has 7 rings (SSSR count). The number of nitrogens with zero attached hydrogens (tertiary/aromatic N) is 6. The van der Waals surface area contributed by atoms with Gasteiger partial charge in [0.1, 0.15) is 35.2 Å². The summed E-state index contributed by atoms with van der Waals surface area (Å²) >= 11 is 0. The van der Waals surface area contributed by atoms with Crippen molar-refractivity contribution >= 4 is 58.8 Å². The number of halogens is 4. The molecule has 0 bridgehead atoms. The highest BCUT2D eigenvalue weighted by molar-refractivity contribution is 6.23. The molecule has 2 aromatic carbocycles. The van der Waals surface area contributed by atoms with Crippen LogP contribution in [0.15, 0.2) is 66.7 Å². The summed E-state index contributed by atoms with van der Waals surface area (Å²) in [4.78, 5) is 96.2. The van der Waals surface area contributed by atoms with E-state index >= 15 is 0 Å². The van der Waals surface area contributed by atoms with Crippen molar-refractivity contribution in [1.29, 1.82) is 0 Å². The van der Waals surface area contributed by atoms with Gasteiger partial charge in [0.05, 0.1) is 29.8 Å². The minimum atomic E-state index is -4.74. The predicted octanol–water partition coefficient (Wildman–Crippen LogP) is 4.69. The first-order valence-corrected chi connectivity index (χ1v) is 20.4. The number of piperidine rings is 1. The first-order valence-electron chi connectivity index (χ1n) is 20.4. The van der Waals surface area contributed by atoms with Crippen LogP contribution in [0.1, 0.15) is 82.6 Å². The molecule has 21 heteroatoms. The summed E-state index contributed by atoms with van der Waals surface area (Å²) in [5, 5.41) is 15.3. The van der Waals surface area contributed by atoms with Gasteiger partial charge in [-0.15, -0.1) is 10.2 Å². The molecule has 3 aliphatic rings. The summed E-state index contributed by atoms with van der Waals surface area (Å²) < 4.78 is 60.5. The summed E-state index contributed by atoms with van der Waals surface area (Å²) in [6.07, 6.45) is -1.81. The number of amides is 8. The molecule has 0 saturated carbocycles. The second kappa shape index (κ2) is 19.3. The number of rotatable bonds is 14. The highest BCUT2D eigenvalue weighted by atomic mass is 19.4. The number of pyridine rings is 1. The minimum absolute atomic E-state index is 0.0225. The molecule has 0 spiro atoms. The van der Waals surface area contributed by atoms with E-state index in [2.05, 4.69) is 43.0 Å². The topological polar surface area (TPSA) is 213 Å². The smallest absolute Gasteiger partial charge is 0.416 e. The number of alkyl halides is 3. The maximum Gasteiger partial charge on any atom is 0.416 e. The summed E-state index contributed by atoms with van der Waals surface area (Å²) in [7, 11) is 0. The van der Waals surface area contributed by atoms with E-state index in [0.717, 1.165) is 39.3 Å². The highest BCUT2D eigenvalue weighted by Crippen LogP contribution is 2.34. The van der Waals surface area contributed by atoms with Gasteiger partial charge in [0, 0.05) is 30.8 Å². The molecule has 1 unspecified atom stereocenters. The summed E-state index contributed by atoms with van der Waals surface area (Å²) in [6.45, 7) is 1.10. The van der Waals surface area contributed by atoms with E-state index in [-0.39, 0.29) is 78.1 Å². The number of hydrogen-bond donors (Lipinski definition) is 3. The number of anilines is 3. The number of carbonyl (C=O) groups is 7. The Bertz CT molecular complexity index is 2620. The lowest BCUT2D eigenvalue weighted by Crippen LogP contribution is -2.54. The molecular formula is C44H39F4N9O8. The molecule has 3 aliphatic heterocycles. The fourth-order valence-electron chi connectivity index (χ4n) is 7.35. The number of benzene rings is 2. The number of ether oxygens (including phenoxy) is 1. The van der Waals surface area contributed by atoms with Crippen LogP contribution in [-0.2, 0) is 25.4 Å². The quantitative estimate of drug-likeness (QED) is 0.0684. The van der Waals surface area contributed by atoms with Crippen molar-refractivity contribution in [2.45, 2.75) is 70.1 Å². The zero-order valence-corrected chi connectivity index (χ0v) is 34.5. The van der Waals surface area contributed by atoms with Gasteiger partial charge in [-0.2, -0.15) is 13.2 Å². The van der Waals surface area contributed by atoms with Crippen molar-refractivity contribution in [2.75, 3.05) is 34.8 Å². The Hall–Kier alpha value is -7.76. The number of carbonyl (C=O) groups excluding carboxylic acids is 7. The number of imide groups is 2. The van der Waals surface area contributed by atoms with Crippen LogP contribution < -0.4 is 30.5 Å². The van der Waals surface area contributed by atoms with Crippen LogP contribution in [0.3, 0.4) is 0 Å². The van der Waals surface area contributed by atoms with Crippen molar-refractivity contribution in [2.24, 2.45) is 0 Å². The van der Waals surface area contributed by atoms with Crippen molar-refractivity contribution < 1.29 is 55.9 Å². The van der Waals surface area contributed by atoms with Gasteiger partial charge in [-0.05, 0) is 98.8 Å². The van der Waals surface area contributed by atoms with Crippen LogP contribution in [0.4, 0.5) is 39.7 Å². The lowest BCUT2D eigenvalue weighted by Gasteiger charge is -2.28. The van der Waals surface area contributed by atoms with Gasteiger partial charge in [-0.1, -0.05) is 18.8 Å². The second-order valence-electron chi connectivity index (χ2n) is 15.1. The third-order valence-electron chi connectivity index (χ3n) is 10.5. The van der Waals surface area contributed by atoms with E-state index in [1.165, 1.54) is 43.3 Å². The van der Waals surface area contributed by atoms with Crippen molar-refractivity contribution in [3.8, 4) is 17.6 Å². The highest BCUT2D eigenvalue weighted by Gasteiger charge is 2.45. The molecule has 8 amide bonds. The fraction of sp³-hybridized carbons (Fsp3) is 0.318. The minimum Gasteiger partial charge on any atom is -0.494 e. The number of nitrogens with one attached hydrogen (secondary N) is 3. The molecule has 336 valence electrons. The molecule has 3 N–H and O–H groups in total. The molecular weight excluding hydrogens is 859 g/mol. The van der Waals surface area contributed by atoms with Gasteiger partial charge in [0.15, 0.2) is 5.82 Å². The Kier molecular flexibility index (Phi) is 13.5. The van der Waals surface area contributed by atoms with E-state index < -0.39 is 65.2 Å². The van der Waals surface area contributed by atoms with Crippen LogP contribution in [0, 0.1) is 24.6 Å². The normalized spacial score (nSPS) is 17.0. The van der Waals surface area contributed by atoms with Crippen LogP contribution >= 0.6 is 0 Å². The number of aryl methyl sites for hydroxylation is 1. The van der Waals surface area contributed by atoms with E-state index in [4.69, 9.17) is 4.74 Å². The molecule has 2 fully saturated rings.